The van der Waals surface area contributed by atoms with Gasteiger partial charge in [0.05, 0.1) is 12.3 Å². The van der Waals surface area contributed by atoms with Crippen LogP contribution in [0.5, 0.6) is 0 Å². The second-order valence-corrected chi connectivity index (χ2v) is 5.86. The number of thioether (sulfide) groups is 1. The number of thiazole rings is 1. The van der Waals surface area contributed by atoms with Crippen molar-refractivity contribution in [2.45, 2.75) is 24.8 Å². The molecule has 0 amide bonds. The van der Waals surface area contributed by atoms with Gasteiger partial charge in [0.1, 0.15) is 4.88 Å². The van der Waals surface area contributed by atoms with Crippen LogP contribution in [0.1, 0.15) is 29.2 Å². The highest BCUT2D eigenvalue weighted by Crippen LogP contribution is 2.28. The Morgan fingerprint density at radius 2 is 2.29 bits per heavy atom. The highest BCUT2D eigenvalue weighted by atomic mass is 32.2. The molecule has 1 N–H and O–H groups in total. The summed E-state index contributed by atoms with van der Waals surface area (Å²) < 4.78 is 6.65. The second kappa shape index (κ2) is 7.36. The fourth-order valence-corrected chi connectivity index (χ4v) is 3.34. The van der Waals surface area contributed by atoms with E-state index < -0.39 is 0 Å². The van der Waals surface area contributed by atoms with Crippen molar-refractivity contribution in [2.24, 2.45) is 7.05 Å². The van der Waals surface area contributed by atoms with Crippen molar-refractivity contribution < 1.29 is 9.53 Å². The van der Waals surface area contributed by atoms with Gasteiger partial charge in [-0.2, -0.15) is 0 Å². The largest absolute Gasteiger partial charge is 0.462 e. The maximum Gasteiger partial charge on any atom is 0.350 e. The van der Waals surface area contributed by atoms with Gasteiger partial charge in [-0.1, -0.05) is 23.1 Å². The van der Waals surface area contributed by atoms with Crippen LogP contribution in [-0.4, -0.2) is 44.3 Å². The van der Waals surface area contributed by atoms with Gasteiger partial charge in [-0.05, 0) is 24.3 Å². The fraction of sp³-hybridized carbons (Fsp3) is 0.545. The molecular formula is C11H16N6O2S2. The summed E-state index contributed by atoms with van der Waals surface area (Å²) in [5, 5.41) is 15.7. The van der Waals surface area contributed by atoms with Crippen LogP contribution in [0.2, 0.25) is 0 Å². The third kappa shape index (κ3) is 3.91. The molecule has 0 spiro atoms. The lowest BCUT2D eigenvalue weighted by Gasteiger charge is -2.01. The topological polar surface area (TPSA) is 94.8 Å². The number of nitrogens with one attached hydrogen (secondary N) is 1. The van der Waals surface area contributed by atoms with Crippen LogP contribution in [-0.2, 0) is 17.5 Å². The standard InChI is InChI=1S/C11H16N6O2S2/c1-4-12-10-13-7(8(21-10)9(18)19-5-2)6-20-11-14-15-16-17(11)3/h4-6H2,1-3H3,(H,12,13). The third-order valence-electron chi connectivity index (χ3n) is 2.41. The van der Waals surface area contributed by atoms with Crippen LogP contribution in [0, 0.1) is 0 Å². The number of esters is 1. The summed E-state index contributed by atoms with van der Waals surface area (Å²) in [5.74, 6) is 0.162. The molecule has 21 heavy (non-hydrogen) atoms. The van der Waals surface area contributed by atoms with E-state index in [9.17, 15) is 4.79 Å². The van der Waals surface area contributed by atoms with Crippen LogP contribution in [0.15, 0.2) is 5.16 Å². The lowest BCUT2D eigenvalue weighted by Crippen LogP contribution is -2.05. The molecule has 10 heteroatoms. The highest BCUT2D eigenvalue weighted by Gasteiger charge is 2.20. The Morgan fingerprint density at radius 1 is 1.48 bits per heavy atom. The Bertz CT molecular complexity index is 612. The molecule has 0 saturated carbocycles. The summed E-state index contributed by atoms with van der Waals surface area (Å²) in [6.45, 7) is 4.84. The summed E-state index contributed by atoms with van der Waals surface area (Å²) in [5.41, 5.74) is 0.683. The van der Waals surface area contributed by atoms with Gasteiger partial charge >= 0.3 is 5.97 Å². The number of hydrogen-bond donors (Lipinski definition) is 1. The van der Waals surface area contributed by atoms with Crippen molar-refractivity contribution in [3.8, 4) is 0 Å². The van der Waals surface area contributed by atoms with Gasteiger partial charge in [-0.15, -0.1) is 5.10 Å². The average molecular weight is 328 g/mol. The summed E-state index contributed by atoms with van der Waals surface area (Å²) in [6.07, 6.45) is 0. The van der Waals surface area contributed by atoms with Crippen molar-refractivity contribution in [2.75, 3.05) is 18.5 Å². The molecule has 0 aliphatic rings. The van der Waals surface area contributed by atoms with E-state index in [1.165, 1.54) is 23.1 Å². The number of tetrazole rings is 1. The lowest BCUT2D eigenvalue weighted by molar-refractivity contribution is 0.0531. The predicted molar refractivity (Wildman–Crippen MR) is 80.6 cm³/mol. The zero-order valence-corrected chi connectivity index (χ0v) is 13.6. The third-order valence-corrected chi connectivity index (χ3v) is 4.46. The zero-order valence-electron chi connectivity index (χ0n) is 12.0. The van der Waals surface area contributed by atoms with E-state index in [-0.39, 0.29) is 5.97 Å². The van der Waals surface area contributed by atoms with E-state index in [4.69, 9.17) is 4.74 Å². The molecular weight excluding hydrogens is 312 g/mol. The number of anilines is 1. The summed E-state index contributed by atoms with van der Waals surface area (Å²) in [6, 6.07) is 0. The number of carbonyl (C=O) groups is 1. The Kier molecular flexibility index (Phi) is 5.51. The first kappa shape index (κ1) is 15.7. The number of rotatable bonds is 7. The predicted octanol–water partition coefficient (Wildman–Crippen LogP) is 1.57. The van der Waals surface area contributed by atoms with E-state index in [1.54, 1.807) is 18.7 Å². The SMILES string of the molecule is CCNc1nc(CSc2nnnn2C)c(C(=O)OCC)s1. The van der Waals surface area contributed by atoms with Gasteiger partial charge in [0.2, 0.25) is 5.16 Å². The molecule has 0 aliphatic carbocycles. The first-order valence-corrected chi connectivity index (χ1v) is 8.21. The number of ether oxygens (including phenoxy) is 1. The first-order chi connectivity index (χ1) is 10.2. The summed E-state index contributed by atoms with van der Waals surface area (Å²) in [4.78, 5) is 16.9. The molecule has 0 fully saturated rings. The van der Waals surface area contributed by atoms with E-state index in [0.29, 0.717) is 33.2 Å². The fourth-order valence-electron chi connectivity index (χ4n) is 1.51. The van der Waals surface area contributed by atoms with Crippen molar-refractivity contribution >= 4 is 34.2 Å². The summed E-state index contributed by atoms with van der Waals surface area (Å²) in [7, 11) is 1.76. The van der Waals surface area contributed by atoms with Crippen LogP contribution in [0.4, 0.5) is 5.13 Å². The normalized spacial score (nSPS) is 10.6. The van der Waals surface area contributed by atoms with Crippen molar-refractivity contribution in [1.82, 2.24) is 25.2 Å². The van der Waals surface area contributed by atoms with Crippen LogP contribution in [0.3, 0.4) is 0 Å². The minimum atomic E-state index is -0.342. The monoisotopic (exact) mass is 328 g/mol. The van der Waals surface area contributed by atoms with Gasteiger partial charge in [0.15, 0.2) is 5.13 Å². The smallest absolute Gasteiger partial charge is 0.350 e. The quantitative estimate of drug-likeness (QED) is 0.604. The molecule has 0 radical (unpaired) electrons. The van der Waals surface area contributed by atoms with E-state index in [1.807, 2.05) is 6.92 Å². The van der Waals surface area contributed by atoms with Crippen LogP contribution >= 0.6 is 23.1 Å². The first-order valence-electron chi connectivity index (χ1n) is 6.41. The molecule has 8 nitrogen and oxygen atoms in total. The maximum atomic E-state index is 12.0. The van der Waals surface area contributed by atoms with Crippen molar-refractivity contribution in [3.05, 3.63) is 10.6 Å². The molecule has 0 bridgehead atoms. The van der Waals surface area contributed by atoms with Gasteiger partial charge < -0.3 is 10.1 Å². The molecule has 2 heterocycles. The second-order valence-electron chi connectivity index (χ2n) is 3.92. The molecule has 0 unspecified atom stereocenters. The Balaban J connectivity index is 2.15. The maximum absolute atomic E-state index is 12.0. The van der Waals surface area contributed by atoms with Crippen molar-refractivity contribution in [3.63, 3.8) is 0 Å². The van der Waals surface area contributed by atoms with E-state index >= 15 is 0 Å². The Morgan fingerprint density at radius 3 is 2.90 bits per heavy atom. The summed E-state index contributed by atoms with van der Waals surface area (Å²) >= 11 is 2.73. The number of nitrogens with zero attached hydrogens (tertiary/aromatic N) is 5. The van der Waals surface area contributed by atoms with Gasteiger partial charge in [-0.25, -0.2) is 14.5 Å². The molecule has 0 saturated heterocycles. The van der Waals surface area contributed by atoms with Gasteiger partial charge in [-0.3, -0.25) is 0 Å². The highest BCUT2D eigenvalue weighted by molar-refractivity contribution is 7.98. The molecule has 0 aliphatic heterocycles. The molecule has 0 atom stereocenters. The number of hydrogen-bond acceptors (Lipinski definition) is 9. The number of aromatic nitrogens is 5. The van der Waals surface area contributed by atoms with E-state index in [2.05, 4.69) is 25.8 Å². The average Bonchev–Trinajstić information content (AvgIpc) is 3.04. The van der Waals surface area contributed by atoms with Crippen LogP contribution in [0.25, 0.3) is 0 Å². The Labute approximate surface area is 130 Å². The number of carbonyl (C=O) groups excluding carboxylic acids is 1. The Hall–Kier alpha value is -1.68. The molecule has 2 aromatic heterocycles. The molecule has 114 valence electrons. The minimum absolute atomic E-state index is 0.340. The van der Waals surface area contributed by atoms with Gasteiger partial charge in [0.25, 0.3) is 0 Å². The van der Waals surface area contributed by atoms with E-state index in [0.717, 1.165) is 6.54 Å². The molecule has 2 aromatic rings. The molecule has 2 rings (SSSR count). The van der Waals surface area contributed by atoms with Crippen molar-refractivity contribution in [1.29, 1.82) is 0 Å². The van der Waals surface area contributed by atoms with Crippen LogP contribution < -0.4 is 5.32 Å². The van der Waals surface area contributed by atoms with Gasteiger partial charge in [0, 0.05) is 19.3 Å². The zero-order chi connectivity index (χ0) is 15.2. The lowest BCUT2D eigenvalue weighted by atomic mass is 10.4. The minimum Gasteiger partial charge on any atom is -0.462 e. The number of aryl methyl sites for hydroxylation is 1. The molecule has 0 aromatic carbocycles.